The summed E-state index contributed by atoms with van der Waals surface area (Å²) in [5, 5.41) is 0. The van der Waals surface area contributed by atoms with Crippen molar-refractivity contribution in [2.75, 3.05) is 12.3 Å². The summed E-state index contributed by atoms with van der Waals surface area (Å²) >= 11 is 0. The van der Waals surface area contributed by atoms with Crippen LogP contribution in [0, 0.1) is 13.8 Å². The van der Waals surface area contributed by atoms with Gasteiger partial charge in [-0.25, -0.2) is 21.9 Å². The van der Waals surface area contributed by atoms with Crippen LogP contribution in [-0.2, 0) is 10.0 Å². The van der Waals surface area contributed by atoms with E-state index in [-0.39, 0.29) is 21.7 Å². The molecule has 0 aliphatic rings. The zero-order valence-corrected chi connectivity index (χ0v) is 11.6. The van der Waals surface area contributed by atoms with E-state index in [1.165, 1.54) is 30.7 Å². The standard InChI is InChI=1S/C11H14F4N2O2S/c1-6-3-4-8(16)7(2)9(6)20(18,19)17-5-11(14,15)10(12)13/h3-4,10,17H,5,16H2,1-2H3. The molecule has 0 aliphatic carbocycles. The number of halogens is 4. The molecule has 3 N–H and O–H groups in total. The molecule has 0 aromatic heterocycles. The summed E-state index contributed by atoms with van der Waals surface area (Å²) in [6.07, 6.45) is -3.95. The van der Waals surface area contributed by atoms with Gasteiger partial charge < -0.3 is 5.73 Å². The van der Waals surface area contributed by atoms with Gasteiger partial charge in [0.15, 0.2) is 0 Å². The lowest BCUT2D eigenvalue weighted by Crippen LogP contribution is -2.41. The van der Waals surface area contributed by atoms with Gasteiger partial charge in [-0.1, -0.05) is 6.07 Å². The van der Waals surface area contributed by atoms with Crippen LogP contribution >= 0.6 is 0 Å². The van der Waals surface area contributed by atoms with Crippen LogP contribution in [0.1, 0.15) is 11.1 Å². The average molecular weight is 314 g/mol. The minimum absolute atomic E-state index is 0.164. The second kappa shape index (κ2) is 5.57. The number of sulfonamides is 1. The van der Waals surface area contributed by atoms with Crippen LogP contribution < -0.4 is 10.5 Å². The topological polar surface area (TPSA) is 72.2 Å². The highest BCUT2D eigenvalue weighted by Crippen LogP contribution is 2.26. The Morgan fingerprint density at radius 2 is 1.85 bits per heavy atom. The molecule has 0 amide bonds. The summed E-state index contributed by atoms with van der Waals surface area (Å²) in [7, 11) is -4.35. The van der Waals surface area contributed by atoms with Crippen LogP contribution in [0.25, 0.3) is 0 Å². The third-order valence-corrected chi connectivity index (χ3v) is 4.42. The summed E-state index contributed by atoms with van der Waals surface area (Å²) in [4.78, 5) is -0.275. The molecule has 1 rings (SSSR count). The number of benzene rings is 1. The lowest BCUT2D eigenvalue weighted by molar-refractivity contribution is -0.122. The van der Waals surface area contributed by atoms with Crippen LogP contribution in [0.2, 0.25) is 0 Å². The Hall–Kier alpha value is -1.35. The first-order valence-corrected chi connectivity index (χ1v) is 6.98. The van der Waals surface area contributed by atoms with Crippen molar-refractivity contribution in [1.82, 2.24) is 4.72 Å². The maximum absolute atomic E-state index is 12.8. The molecule has 0 unspecified atom stereocenters. The van der Waals surface area contributed by atoms with Crippen molar-refractivity contribution in [3.05, 3.63) is 23.3 Å². The van der Waals surface area contributed by atoms with Gasteiger partial charge in [0.25, 0.3) is 0 Å². The number of alkyl halides is 4. The molecule has 1 aromatic carbocycles. The molecule has 4 nitrogen and oxygen atoms in total. The summed E-state index contributed by atoms with van der Waals surface area (Å²) in [5.41, 5.74) is 6.18. The van der Waals surface area contributed by atoms with Crippen molar-refractivity contribution in [3.63, 3.8) is 0 Å². The fourth-order valence-corrected chi connectivity index (χ4v) is 3.14. The van der Waals surface area contributed by atoms with Crippen LogP contribution in [0.15, 0.2) is 17.0 Å². The lowest BCUT2D eigenvalue weighted by Gasteiger charge is -2.18. The largest absolute Gasteiger partial charge is 0.398 e. The van der Waals surface area contributed by atoms with E-state index in [1.54, 1.807) is 0 Å². The monoisotopic (exact) mass is 314 g/mol. The molecule has 9 heteroatoms. The van der Waals surface area contributed by atoms with Crippen molar-refractivity contribution in [1.29, 1.82) is 0 Å². The first-order valence-electron chi connectivity index (χ1n) is 5.50. The van der Waals surface area contributed by atoms with E-state index in [1.807, 2.05) is 0 Å². The first-order chi connectivity index (χ1) is 8.99. The number of hydrogen-bond donors (Lipinski definition) is 2. The number of anilines is 1. The molecule has 0 heterocycles. The van der Waals surface area contributed by atoms with Gasteiger partial charge >= 0.3 is 12.3 Å². The van der Waals surface area contributed by atoms with E-state index in [0.29, 0.717) is 0 Å². The second-order valence-electron chi connectivity index (χ2n) is 4.31. The van der Waals surface area contributed by atoms with Gasteiger partial charge in [-0.2, -0.15) is 8.78 Å². The van der Waals surface area contributed by atoms with Gasteiger partial charge in [-0.15, -0.1) is 0 Å². The van der Waals surface area contributed by atoms with E-state index < -0.39 is 28.9 Å². The Kier molecular flexibility index (Phi) is 4.65. The van der Waals surface area contributed by atoms with E-state index in [9.17, 15) is 26.0 Å². The van der Waals surface area contributed by atoms with Gasteiger partial charge in [-0.3, -0.25) is 0 Å². The van der Waals surface area contributed by atoms with Crippen molar-refractivity contribution in [2.24, 2.45) is 0 Å². The predicted octanol–water partition coefficient (Wildman–Crippen LogP) is 2.06. The quantitative estimate of drug-likeness (QED) is 0.645. The van der Waals surface area contributed by atoms with Gasteiger partial charge in [-0.05, 0) is 31.0 Å². The Morgan fingerprint density at radius 3 is 2.35 bits per heavy atom. The van der Waals surface area contributed by atoms with E-state index in [0.717, 1.165) is 0 Å². The van der Waals surface area contributed by atoms with Crippen molar-refractivity contribution < 1.29 is 26.0 Å². The summed E-state index contributed by atoms with van der Waals surface area (Å²) in [5.74, 6) is -4.44. The molecule has 0 radical (unpaired) electrons. The van der Waals surface area contributed by atoms with Crippen LogP contribution in [0.5, 0.6) is 0 Å². The Bertz CT molecular complexity index is 603. The minimum Gasteiger partial charge on any atom is -0.398 e. The van der Waals surface area contributed by atoms with Gasteiger partial charge in [0.2, 0.25) is 10.0 Å². The molecule has 20 heavy (non-hydrogen) atoms. The highest BCUT2D eigenvalue weighted by atomic mass is 32.2. The fourth-order valence-electron chi connectivity index (χ4n) is 1.60. The molecule has 0 bridgehead atoms. The maximum Gasteiger partial charge on any atom is 0.320 e. The molecule has 0 aliphatic heterocycles. The third kappa shape index (κ3) is 3.40. The summed E-state index contributed by atoms with van der Waals surface area (Å²) in [6, 6.07) is 2.87. The normalized spacial score (nSPS) is 12.9. The minimum atomic E-state index is -4.44. The average Bonchev–Trinajstić information content (AvgIpc) is 2.32. The number of nitrogens with two attached hydrogens (primary N) is 1. The number of hydrogen-bond acceptors (Lipinski definition) is 3. The number of nitrogens with one attached hydrogen (secondary N) is 1. The first kappa shape index (κ1) is 16.7. The Morgan fingerprint density at radius 1 is 1.30 bits per heavy atom. The van der Waals surface area contributed by atoms with Crippen molar-refractivity contribution >= 4 is 15.7 Å². The lowest BCUT2D eigenvalue weighted by atomic mass is 10.1. The third-order valence-electron chi connectivity index (χ3n) is 2.73. The molecule has 0 saturated carbocycles. The number of aryl methyl sites for hydroxylation is 1. The summed E-state index contributed by atoms with van der Waals surface area (Å²) < 4.78 is 75.0. The van der Waals surface area contributed by atoms with Crippen LogP contribution in [0.4, 0.5) is 23.2 Å². The smallest absolute Gasteiger partial charge is 0.320 e. The van der Waals surface area contributed by atoms with E-state index in [4.69, 9.17) is 5.73 Å². The molecular weight excluding hydrogens is 300 g/mol. The van der Waals surface area contributed by atoms with Crippen LogP contribution in [-0.4, -0.2) is 27.3 Å². The van der Waals surface area contributed by atoms with Gasteiger partial charge in [0.1, 0.15) is 0 Å². The molecule has 0 spiro atoms. The Balaban J connectivity index is 3.11. The van der Waals surface area contributed by atoms with Crippen molar-refractivity contribution in [2.45, 2.75) is 31.1 Å². The van der Waals surface area contributed by atoms with Crippen LogP contribution in [0.3, 0.4) is 0 Å². The zero-order chi connectivity index (χ0) is 15.7. The fraction of sp³-hybridized carbons (Fsp3) is 0.455. The van der Waals surface area contributed by atoms with Gasteiger partial charge in [0, 0.05) is 5.69 Å². The number of nitrogen functional groups attached to an aromatic ring is 1. The zero-order valence-electron chi connectivity index (χ0n) is 10.8. The molecule has 114 valence electrons. The van der Waals surface area contributed by atoms with E-state index >= 15 is 0 Å². The highest BCUT2D eigenvalue weighted by molar-refractivity contribution is 7.89. The maximum atomic E-state index is 12.8. The van der Waals surface area contributed by atoms with Gasteiger partial charge in [0.05, 0.1) is 11.4 Å². The molecular formula is C11H14F4N2O2S. The molecule has 0 atom stereocenters. The van der Waals surface area contributed by atoms with Crippen molar-refractivity contribution in [3.8, 4) is 0 Å². The SMILES string of the molecule is Cc1ccc(N)c(C)c1S(=O)(=O)NCC(F)(F)C(F)F. The molecule has 0 fully saturated rings. The summed E-state index contributed by atoms with van der Waals surface area (Å²) in [6.45, 7) is 1.18. The second-order valence-corrected chi connectivity index (χ2v) is 6.02. The van der Waals surface area contributed by atoms with E-state index in [2.05, 4.69) is 0 Å². The molecule has 1 aromatic rings. The predicted molar refractivity (Wildman–Crippen MR) is 66.5 cm³/mol. The highest BCUT2D eigenvalue weighted by Gasteiger charge is 2.41. The Labute approximate surface area is 114 Å². The molecule has 0 saturated heterocycles. The number of rotatable bonds is 5.